The molecule has 1 amide bonds. The third-order valence-electron chi connectivity index (χ3n) is 4.51. The molecule has 0 aliphatic carbocycles. The van der Waals surface area contributed by atoms with Crippen molar-refractivity contribution in [3.63, 3.8) is 0 Å². The van der Waals surface area contributed by atoms with Crippen LogP contribution in [0.15, 0.2) is 78.9 Å². The van der Waals surface area contributed by atoms with Crippen LogP contribution < -0.4 is 9.78 Å². The van der Waals surface area contributed by atoms with Crippen LogP contribution in [-0.2, 0) is 0 Å². The van der Waals surface area contributed by atoms with E-state index in [1.165, 1.54) is 21.2 Å². The van der Waals surface area contributed by atoms with Crippen LogP contribution in [0.2, 0.25) is 0 Å². The minimum atomic E-state index is 0.0169. The van der Waals surface area contributed by atoms with Gasteiger partial charge in [-0.2, -0.15) is 0 Å². The molecule has 124 valence electrons. The Balaban J connectivity index is 1.82. The van der Waals surface area contributed by atoms with Gasteiger partial charge in [-0.05, 0) is 0 Å². The molecule has 0 bridgehead atoms. The molecule has 0 unspecified atom stereocenters. The predicted molar refractivity (Wildman–Crippen MR) is 102 cm³/mol. The van der Waals surface area contributed by atoms with Crippen molar-refractivity contribution in [1.82, 2.24) is 5.32 Å². The summed E-state index contributed by atoms with van der Waals surface area (Å²) in [5.41, 5.74) is 4.38. The van der Waals surface area contributed by atoms with Crippen molar-refractivity contribution in [3.8, 4) is 0 Å². The number of fused-ring (bicyclic) bond motifs is 1. The van der Waals surface area contributed by atoms with Crippen molar-refractivity contribution < 1.29 is 4.79 Å². The normalized spacial score (nSPS) is 19.2. The molecule has 2 nitrogen and oxygen atoms in total. The fourth-order valence-corrected chi connectivity index (χ4v) is 6.00. The van der Waals surface area contributed by atoms with Gasteiger partial charge in [-0.3, -0.25) is 0 Å². The number of amides is 1. The summed E-state index contributed by atoms with van der Waals surface area (Å²) >= 11 is 0.220. The Bertz CT molecular complexity index is 892. The first-order valence-corrected chi connectivity index (χ1v) is 10.2. The molecule has 3 aromatic carbocycles. The van der Waals surface area contributed by atoms with E-state index in [1.807, 2.05) is 30.3 Å². The summed E-state index contributed by atoms with van der Waals surface area (Å²) in [6.45, 7) is 2.09. The Morgan fingerprint density at radius 2 is 1.56 bits per heavy atom. The third-order valence-corrected chi connectivity index (χ3v) is 7.29. The Hall–Kier alpha value is -2.35. The van der Waals surface area contributed by atoms with Crippen LogP contribution in [0, 0.1) is 6.92 Å². The topological polar surface area (TPSA) is 29.1 Å². The molecular weight excluding hydrogens is 373 g/mol. The Morgan fingerprint density at radius 3 is 2.28 bits per heavy atom. The van der Waals surface area contributed by atoms with Crippen molar-refractivity contribution in [2.24, 2.45) is 0 Å². The molecule has 25 heavy (non-hydrogen) atoms. The van der Waals surface area contributed by atoms with Crippen molar-refractivity contribution in [1.29, 1.82) is 0 Å². The maximum atomic E-state index is 12.7. The first kappa shape index (κ1) is 16.1. The standard InChI is InChI=1S/C22H19NOSe/c1-15-12-13-18-19(14-15)21(25-17-10-6-3-7-11-17)20(23-22(18)24)16-8-4-2-5-9-16/h2-14,20-21H,1H3,(H,23,24)/t20-,21+/m1/s1. The Labute approximate surface area is 154 Å². The van der Waals surface area contributed by atoms with Crippen molar-refractivity contribution in [2.45, 2.75) is 17.8 Å². The summed E-state index contributed by atoms with van der Waals surface area (Å²) in [6, 6.07) is 27.1. The van der Waals surface area contributed by atoms with E-state index in [9.17, 15) is 4.79 Å². The van der Waals surface area contributed by atoms with E-state index in [0.29, 0.717) is 0 Å². The van der Waals surface area contributed by atoms with Gasteiger partial charge in [0.15, 0.2) is 0 Å². The first-order valence-electron chi connectivity index (χ1n) is 8.40. The van der Waals surface area contributed by atoms with Gasteiger partial charge >= 0.3 is 154 Å². The number of rotatable bonds is 3. The number of carbonyl (C=O) groups excluding carboxylic acids is 1. The average Bonchev–Trinajstić information content (AvgIpc) is 2.65. The van der Waals surface area contributed by atoms with Crippen LogP contribution in [0.3, 0.4) is 0 Å². The monoisotopic (exact) mass is 393 g/mol. The van der Waals surface area contributed by atoms with Crippen LogP contribution in [0.5, 0.6) is 0 Å². The second kappa shape index (κ2) is 6.87. The first-order chi connectivity index (χ1) is 12.2. The quantitative estimate of drug-likeness (QED) is 0.679. The summed E-state index contributed by atoms with van der Waals surface area (Å²) in [5.74, 6) is 0.0314. The fourth-order valence-electron chi connectivity index (χ4n) is 3.29. The van der Waals surface area contributed by atoms with Crippen LogP contribution in [0.4, 0.5) is 0 Å². The van der Waals surface area contributed by atoms with E-state index in [0.717, 1.165) is 5.56 Å². The third kappa shape index (κ3) is 3.26. The number of nitrogens with one attached hydrogen (secondary N) is 1. The van der Waals surface area contributed by atoms with E-state index in [2.05, 4.69) is 60.8 Å². The molecule has 0 fully saturated rings. The second-order valence-corrected chi connectivity index (χ2v) is 8.85. The molecule has 1 aliphatic heterocycles. The van der Waals surface area contributed by atoms with E-state index < -0.39 is 0 Å². The molecule has 2 atom stereocenters. The summed E-state index contributed by atoms with van der Waals surface area (Å²) in [7, 11) is 0. The van der Waals surface area contributed by atoms with Gasteiger partial charge in [0, 0.05) is 0 Å². The molecule has 0 spiro atoms. The average molecular weight is 392 g/mol. The van der Waals surface area contributed by atoms with Crippen molar-refractivity contribution in [2.75, 3.05) is 0 Å². The number of hydrogen-bond donors (Lipinski definition) is 1. The molecule has 0 saturated carbocycles. The molecule has 0 aromatic heterocycles. The van der Waals surface area contributed by atoms with Gasteiger partial charge in [0.1, 0.15) is 0 Å². The van der Waals surface area contributed by atoms with Gasteiger partial charge in [0.25, 0.3) is 0 Å². The predicted octanol–water partition coefficient (Wildman–Crippen LogP) is 3.55. The summed E-state index contributed by atoms with van der Waals surface area (Å²) in [6.07, 6.45) is 0. The van der Waals surface area contributed by atoms with Crippen LogP contribution >= 0.6 is 0 Å². The van der Waals surface area contributed by atoms with E-state index in [-0.39, 0.29) is 31.7 Å². The number of carbonyl (C=O) groups is 1. The Morgan fingerprint density at radius 1 is 0.880 bits per heavy atom. The van der Waals surface area contributed by atoms with Crippen molar-refractivity contribution >= 4 is 25.3 Å². The van der Waals surface area contributed by atoms with Gasteiger partial charge < -0.3 is 0 Å². The van der Waals surface area contributed by atoms with Gasteiger partial charge in [0.05, 0.1) is 0 Å². The van der Waals surface area contributed by atoms with Crippen molar-refractivity contribution in [3.05, 3.63) is 101 Å². The SMILES string of the molecule is Cc1ccc2c(c1)[C@H]([Se]c1ccccc1)[C@@H](c1ccccc1)NC2=O. The van der Waals surface area contributed by atoms with Crippen LogP contribution in [0.1, 0.15) is 37.9 Å². The molecule has 0 radical (unpaired) electrons. The molecule has 3 aromatic rings. The fraction of sp³-hybridized carbons (Fsp3) is 0.136. The van der Waals surface area contributed by atoms with Gasteiger partial charge in [-0.25, -0.2) is 0 Å². The molecule has 3 heteroatoms. The maximum absolute atomic E-state index is 12.7. The van der Waals surface area contributed by atoms with Crippen LogP contribution in [-0.4, -0.2) is 20.9 Å². The number of aryl methyl sites for hydroxylation is 1. The summed E-state index contributed by atoms with van der Waals surface area (Å²) in [4.78, 5) is 13.0. The van der Waals surface area contributed by atoms with Gasteiger partial charge in [0.2, 0.25) is 0 Å². The number of hydrogen-bond acceptors (Lipinski definition) is 1. The Kier molecular flexibility index (Phi) is 4.44. The molecule has 4 rings (SSSR count). The summed E-state index contributed by atoms with van der Waals surface area (Å²) < 4.78 is 1.35. The zero-order valence-corrected chi connectivity index (χ0v) is 15.7. The van der Waals surface area contributed by atoms with E-state index >= 15 is 0 Å². The van der Waals surface area contributed by atoms with Gasteiger partial charge in [-0.1, -0.05) is 0 Å². The summed E-state index contributed by atoms with van der Waals surface area (Å²) in [5, 5.41) is 3.26. The molecule has 0 saturated heterocycles. The molecule has 1 heterocycles. The molecular formula is C22H19NOSe. The minimum absolute atomic E-state index is 0.0169. The van der Waals surface area contributed by atoms with Crippen LogP contribution in [0.25, 0.3) is 0 Å². The second-order valence-electron chi connectivity index (χ2n) is 6.30. The molecule has 1 N–H and O–H groups in total. The number of benzene rings is 3. The zero-order valence-electron chi connectivity index (χ0n) is 14.0. The van der Waals surface area contributed by atoms with E-state index in [1.54, 1.807) is 0 Å². The van der Waals surface area contributed by atoms with E-state index in [4.69, 9.17) is 0 Å². The van der Waals surface area contributed by atoms with Gasteiger partial charge in [-0.15, -0.1) is 0 Å². The molecule has 1 aliphatic rings. The zero-order chi connectivity index (χ0) is 17.2.